The Labute approximate surface area is 171 Å². The lowest BCUT2D eigenvalue weighted by Gasteiger charge is -2.27. The number of nitrogens with one attached hydrogen (secondary N) is 1. The van der Waals surface area contributed by atoms with Crippen molar-refractivity contribution in [2.75, 3.05) is 32.8 Å². The van der Waals surface area contributed by atoms with E-state index in [-0.39, 0.29) is 6.03 Å². The maximum atomic E-state index is 12.5. The van der Waals surface area contributed by atoms with Gasteiger partial charge in [-0.05, 0) is 56.0 Å². The van der Waals surface area contributed by atoms with Crippen molar-refractivity contribution in [3.63, 3.8) is 0 Å². The number of ether oxygens (including phenoxy) is 1. The smallest absolute Gasteiger partial charge is 0.317 e. The van der Waals surface area contributed by atoms with Crippen LogP contribution in [-0.2, 0) is 19.5 Å². The molecule has 2 aliphatic heterocycles. The van der Waals surface area contributed by atoms with E-state index in [0.29, 0.717) is 13.1 Å². The molecule has 0 saturated carbocycles. The van der Waals surface area contributed by atoms with Crippen molar-refractivity contribution < 1.29 is 9.53 Å². The summed E-state index contributed by atoms with van der Waals surface area (Å²) in [7, 11) is 0. The standard InChI is InChI=1S/C22H29N3O2S/c26-22(23-16-18-7-2-1-3-8-18)25-13-9-20-19(17-25)15-21(28-20)27-14-6-12-24-10-4-5-11-24/h1-3,7-8,15H,4-6,9-14,16-17H2,(H,23,26). The SMILES string of the molecule is O=C(NCc1ccccc1)N1CCc2sc(OCCCN3CCCC3)cc2C1. The highest BCUT2D eigenvalue weighted by Crippen LogP contribution is 2.33. The fraction of sp³-hybridized carbons (Fsp3) is 0.500. The van der Waals surface area contributed by atoms with E-state index in [2.05, 4.69) is 16.3 Å². The van der Waals surface area contributed by atoms with Gasteiger partial charge < -0.3 is 19.9 Å². The molecule has 1 N–H and O–H groups in total. The van der Waals surface area contributed by atoms with E-state index in [4.69, 9.17) is 4.74 Å². The van der Waals surface area contributed by atoms with E-state index in [1.54, 1.807) is 11.3 Å². The number of rotatable bonds is 7. The Balaban J connectivity index is 1.22. The van der Waals surface area contributed by atoms with E-state index in [9.17, 15) is 4.79 Å². The summed E-state index contributed by atoms with van der Waals surface area (Å²) in [5.41, 5.74) is 2.36. The van der Waals surface area contributed by atoms with E-state index >= 15 is 0 Å². The van der Waals surface area contributed by atoms with Crippen molar-refractivity contribution in [2.24, 2.45) is 0 Å². The van der Waals surface area contributed by atoms with Gasteiger partial charge in [-0.15, -0.1) is 11.3 Å². The Morgan fingerprint density at radius 1 is 1.14 bits per heavy atom. The van der Waals surface area contributed by atoms with E-state index in [0.717, 1.165) is 43.2 Å². The van der Waals surface area contributed by atoms with Gasteiger partial charge in [-0.25, -0.2) is 4.79 Å². The molecule has 150 valence electrons. The lowest BCUT2D eigenvalue weighted by molar-refractivity contribution is 0.192. The van der Waals surface area contributed by atoms with Crippen LogP contribution in [0.3, 0.4) is 0 Å². The van der Waals surface area contributed by atoms with Crippen molar-refractivity contribution in [3.05, 3.63) is 52.4 Å². The molecule has 1 aromatic heterocycles. The largest absolute Gasteiger partial charge is 0.484 e. The van der Waals surface area contributed by atoms with Gasteiger partial charge in [0.05, 0.1) is 6.61 Å². The highest BCUT2D eigenvalue weighted by molar-refractivity contribution is 7.14. The normalized spacial score (nSPS) is 16.8. The Hall–Kier alpha value is -2.05. The first kappa shape index (κ1) is 19.3. The first-order valence-electron chi connectivity index (χ1n) is 10.3. The van der Waals surface area contributed by atoms with Gasteiger partial charge in [-0.2, -0.15) is 0 Å². The maximum absolute atomic E-state index is 12.5. The van der Waals surface area contributed by atoms with Crippen molar-refractivity contribution in [2.45, 2.75) is 38.8 Å². The van der Waals surface area contributed by atoms with Crippen LogP contribution in [0.5, 0.6) is 5.06 Å². The van der Waals surface area contributed by atoms with Gasteiger partial charge in [-0.3, -0.25) is 0 Å². The Bertz CT molecular complexity index is 771. The molecule has 0 bridgehead atoms. The molecule has 1 fully saturated rings. The van der Waals surface area contributed by atoms with E-state index in [1.165, 1.54) is 36.4 Å². The second-order valence-electron chi connectivity index (χ2n) is 7.58. The minimum atomic E-state index is 0.00813. The van der Waals surface area contributed by atoms with E-state index < -0.39 is 0 Å². The molecule has 1 saturated heterocycles. The fourth-order valence-corrected chi connectivity index (χ4v) is 4.94. The van der Waals surface area contributed by atoms with Crippen molar-refractivity contribution in [1.82, 2.24) is 15.1 Å². The lowest BCUT2D eigenvalue weighted by atomic mass is 10.1. The molecular weight excluding hydrogens is 370 g/mol. The third kappa shape index (κ3) is 5.06. The molecule has 2 aromatic rings. The van der Waals surface area contributed by atoms with Crippen LogP contribution in [0.15, 0.2) is 36.4 Å². The second-order valence-corrected chi connectivity index (χ2v) is 8.68. The van der Waals surface area contributed by atoms with Gasteiger partial charge in [0.2, 0.25) is 0 Å². The number of hydrogen-bond donors (Lipinski definition) is 1. The van der Waals surface area contributed by atoms with Gasteiger partial charge in [0.15, 0.2) is 5.06 Å². The predicted molar refractivity (Wildman–Crippen MR) is 113 cm³/mol. The zero-order valence-corrected chi connectivity index (χ0v) is 17.2. The Kier molecular flexibility index (Phi) is 6.49. The van der Waals surface area contributed by atoms with Crippen LogP contribution < -0.4 is 10.1 Å². The van der Waals surface area contributed by atoms with Crippen LogP contribution >= 0.6 is 11.3 Å². The molecular formula is C22H29N3O2S. The minimum absolute atomic E-state index is 0.00813. The molecule has 2 amide bonds. The number of carbonyl (C=O) groups is 1. The third-order valence-electron chi connectivity index (χ3n) is 5.48. The molecule has 5 nitrogen and oxygen atoms in total. The van der Waals surface area contributed by atoms with Gasteiger partial charge >= 0.3 is 6.03 Å². The van der Waals surface area contributed by atoms with Crippen molar-refractivity contribution in [1.29, 1.82) is 0 Å². The highest BCUT2D eigenvalue weighted by atomic mass is 32.1. The summed E-state index contributed by atoms with van der Waals surface area (Å²) >= 11 is 1.75. The topological polar surface area (TPSA) is 44.8 Å². The fourth-order valence-electron chi connectivity index (χ4n) is 3.90. The number of benzene rings is 1. The van der Waals surface area contributed by atoms with Crippen molar-refractivity contribution in [3.8, 4) is 5.06 Å². The number of amides is 2. The molecule has 1 aromatic carbocycles. The number of thiophene rings is 1. The van der Waals surface area contributed by atoms with Gasteiger partial charge in [0.25, 0.3) is 0 Å². The molecule has 2 aliphatic rings. The average Bonchev–Trinajstić information content (AvgIpc) is 3.39. The molecule has 0 aliphatic carbocycles. The van der Waals surface area contributed by atoms with Crippen LogP contribution in [0, 0.1) is 0 Å². The molecule has 0 unspecified atom stereocenters. The minimum Gasteiger partial charge on any atom is -0.484 e. The molecule has 6 heteroatoms. The molecule has 3 heterocycles. The lowest BCUT2D eigenvalue weighted by Crippen LogP contribution is -2.42. The molecule has 0 radical (unpaired) electrons. The van der Waals surface area contributed by atoms with Crippen LogP contribution in [-0.4, -0.2) is 48.6 Å². The first-order valence-corrected chi connectivity index (χ1v) is 11.1. The molecule has 28 heavy (non-hydrogen) atoms. The summed E-state index contributed by atoms with van der Waals surface area (Å²) in [5, 5.41) is 4.03. The quantitative estimate of drug-likeness (QED) is 0.719. The summed E-state index contributed by atoms with van der Waals surface area (Å²) < 4.78 is 5.99. The zero-order chi connectivity index (χ0) is 19.2. The third-order valence-corrected chi connectivity index (χ3v) is 6.63. The van der Waals surface area contributed by atoms with Crippen LogP contribution in [0.2, 0.25) is 0 Å². The number of nitrogens with zero attached hydrogens (tertiary/aromatic N) is 2. The number of carbonyl (C=O) groups excluding carboxylic acids is 1. The molecule has 4 rings (SSSR count). The van der Waals surface area contributed by atoms with Crippen molar-refractivity contribution >= 4 is 17.4 Å². The summed E-state index contributed by atoms with van der Waals surface area (Å²) in [4.78, 5) is 18.3. The van der Waals surface area contributed by atoms with Crippen LogP contribution in [0.1, 0.15) is 35.3 Å². The number of urea groups is 1. The second kappa shape index (κ2) is 9.43. The monoisotopic (exact) mass is 399 g/mol. The van der Waals surface area contributed by atoms with Crippen LogP contribution in [0.4, 0.5) is 4.79 Å². The number of hydrogen-bond acceptors (Lipinski definition) is 4. The van der Waals surface area contributed by atoms with Crippen LogP contribution in [0.25, 0.3) is 0 Å². The summed E-state index contributed by atoms with van der Waals surface area (Å²) in [6.45, 7) is 6.41. The predicted octanol–water partition coefficient (Wildman–Crippen LogP) is 3.88. The van der Waals surface area contributed by atoms with Gasteiger partial charge in [0, 0.05) is 31.1 Å². The maximum Gasteiger partial charge on any atom is 0.317 e. The number of fused-ring (bicyclic) bond motifs is 1. The summed E-state index contributed by atoms with van der Waals surface area (Å²) in [6, 6.07) is 12.2. The first-order chi connectivity index (χ1) is 13.8. The highest BCUT2D eigenvalue weighted by Gasteiger charge is 2.23. The number of likely N-dealkylation sites (tertiary alicyclic amines) is 1. The average molecular weight is 400 g/mol. The Morgan fingerprint density at radius 2 is 1.96 bits per heavy atom. The summed E-state index contributed by atoms with van der Waals surface area (Å²) in [6.07, 6.45) is 4.67. The molecule has 0 atom stereocenters. The van der Waals surface area contributed by atoms with Gasteiger partial charge in [-0.1, -0.05) is 30.3 Å². The van der Waals surface area contributed by atoms with E-state index in [1.807, 2.05) is 35.2 Å². The summed E-state index contributed by atoms with van der Waals surface area (Å²) in [5.74, 6) is 0. The molecule has 0 spiro atoms. The zero-order valence-electron chi connectivity index (χ0n) is 16.4. The Morgan fingerprint density at radius 3 is 2.79 bits per heavy atom. The van der Waals surface area contributed by atoms with Gasteiger partial charge in [0.1, 0.15) is 0 Å².